The van der Waals surface area contributed by atoms with E-state index in [4.69, 9.17) is 4.74 Å². The summed E-state index contributed by atoms with van der Waals surface area (Å²) in [7, 11) is 0. The zero-order valence-electron chi connectivity index (χ0n) is 16.4. The van der Waals surface area contributed by atoms with Gasteiger partial charge in [-0.2, -0.15) is 0 Å². The van der Waals surface area contributed by atoms with Crippen molar-refractivity contribution in [3.8, 4) is 5.75 Å². The van der Waals surface area contributed by atoms with E-state index in [1.807, 2.05) is 19.1 Å². The summed E-state index contributed by atoms with van der Waals surface area (Å²) in [6.07, 6.45) is 1.65. The molecular formula is C22H24BrN3OS. The summed E-state index contributed by atoms with van der Waals surface area (Å²) in [5.74, 6) is 2.47. The van der Waals surface area contributed by atoms with Gasteiger partial charge in [0.2, 0.25) is 0 Å². The zero-order chi connectivity index (χ0) is 20.1. The number of aryl methyl sites for hydroxylation is 2. The van der Waals surface area contributed by atoms with Crippen molar-refractivity contribution in [3.63, 3.8) is 0 Å². The summed E-state index contributed by atoms with van der Waals surface area (Å²) in [6, 6.07) is 14.4. The molecule has 146 valence electrons. The van der Waals surface area contributed by atoms with Crippen molar-refractivity contribution >= 4 is 27.7 Å². The van der Waals surface area contributed by atoms with Gasteiger partial charge in [-0.1, -0.05) is 52.0 Å². The van der Waals surface area contributed by atoms with Gasteiger partial charge in [0.25, 0.3) is 0 Å². The SMILES string of the molecule is C=CCn1c(SCc2ccc(Br)cc2)nnc1C(C)Oc1ccc(C)c(C)c1. The molecule has 0 aliphatic heterocycles. The van der Waals surface area contributed by atoms with Crippen molar-refractivity contribution in [2.45, 2.75) is 44.3 Å². The predicted molar refractivity (Wildman–Crippen MR) is 119 cm³/mol. The van der Waals surface area contributed by atoms with Gasteiger partial charge in [0.1, 0.15) is 5.75 Å². The van der Waals surface area contributed by atoms with Crippen LogP contribution in [0.5, 0.6) is 5.75 Å². The fraction of sp³-hybridized carbons (Fsp3) is 0.273. The Hall–Kier alpha value is -2.05. The first-order valence-corrected chi connectivity index (χ1v) is 10.9. The molecule has 3 rings (SSSR count). The molecule has 28 heavy (non-hydrogen) atoms. The van der Waals surface area contributed by atoms with E-state index in [0.717, 1.165) is 27.0 Å². The normalized spacial score (nSPS) is 12.0. The molecule has 0 spiro atoms. The Labute approximate surface area is 179 Å². The fourth-order valence-electron chi connectivity index (χ4n) is 2.78. The van der Waals surface area contributed by atoms with Gasteiger partial charge in [0.15, 0.2) is 17.1 Å². The van der Waals surface area contributed by atoms with Gasteiger partial charge in [0.05, 0.1) is 0 Å². The Balaban J connectivity index is 1.75. The van der Waals surface area contributed by atoms with Crippen molar-refractivity contribution < 1.29 is 4.74 Å². The zero-order valence-corrected chi connectivity index (χ0v) is 18.8. The van der Waals surface area contributed by atoms with Gasteiger partial charge >= 0.3 is 0 Å². The Morgan fingerprint density at radius 1 is 1.14 bits per heavy atom. The van der Waals surface area contributed by atoms with E-state index >= 15 is 0 Å². The largest absolute Gasteiger partial charge is 0.483 e. The second kappa shape index (κ2) is 9.43. The van der Waals surface area contributed by atoms with Crippen molar-refractivity contribution in [1.82, 2.24) is 14.8 Å². The van der Waals surface area contributed by atoms with E-state index < -0.39 is 0 Å². The number of nitrogens with zero attached hydrogens (tertiary/aromatic N) is 3. The summed E-state index contributed by atoms with van der Waals surface area (Å²) >= 11 is 5.14. The number of allylic oxidation sites excluding steroid dienone is 1. The van der Waals surface area contributed by atoms with Crippen LogP contribution in [-0.4, -0.2) is 14.8 Å². The van der Waals surface area contributed by atoms with Crippen molar-refractivity contribution in [1.29, 1.82) is 0 Å². The molecule has 0 saturated heterocycles. The number of thioether (sulfide) groups is 1. The molecule has 0 amide bonds. The summed E-state index contributed by atoms with van der Waals surface area (Å²) in [6.45, 7) is 10.7. The van der Waals surface area contributed by atoms with Crippen LogP contribution in [0.25, 0.3) is 0 Å². The van der Waals surface area contributed by atoms with E-state index in [0.29, 0.717) is 6.54 Å². The molecule has 1 aromatic heterocycles. The molecule has 0 N–H and O–H groups in total. The van der Waals surface area contributed by atoms with Crippen molar-refractivity contribution in [2.24, 2.45) is 0 Å². The Bertz CT molecular complexity index is 953. The lowest BCUT2D eigenvalue weighted by molar-refractivity contribution is 0.210. The average Bonchev–Trinajstić information content (AvgIpc) is 3.07. The summed E-state index contributed by atoms with van der Waals surface area (Å²) in [4.78, 5) is 0. The maximum atomic E-state index is 6.14. The first-order chi connectivity index (χ1) is 13.5. The molecule has 0 bridgehead atoms. The first kappa shape index (κ1) is 20.7. The molecule has 4 nitrogen and oxygen atoms in total. The molecule has 0 fully saturated rings. The standard InChI is InChI=1S/C22H24BrN3OS/c1-5-12-26-21(17(4)27-20-11-6-15(2)16(3)13-20)24-25-22(26)28-14-18-7-9-19(23)10-8-18/h5-11,13,17H,1,12,14H2,2-4H3. The lowest BCUT2D eigenvalue weighted by Crippen LogP contribution is -2.12. The monoisotopic (exact) mass is 457 g/mol. The molecule has 1 unspecified atom stereocenters. The molecule has 2 aromatic carbocycles. The lowest BCUT2D eigenvalue weighted by atomic mass is 10.1. The van der Waals surface area contributed by atoms with Gasteiger partial charge in [0, 0.05) is 16.8 Å². The number of rotatable bonds is 8. The van der Waals surface area contributed by atoms with Gasteiger partial charge in [-0.25, -0.2) is 0 Å². The molecule has 0 saturated carbocycles. The van der Waals surface area contributed by atoms with E-state index in [1.165, 1.54) is 16.7 Å². The minimum atomic E-state index is -0.211. The van der Waals surface area contributed by atoms with Crippen LogP contribution in [-0.2, 0) is 12.3 Å². The average molecular weight is 458 g/mol. The molecular weight excluding hydrogens is 434 g/mol. The van der Waals surface area contributed by atoms with Gasteiger partial charge in [-0.3, -0.25) is 4.57 Å². The predicted octanol–water partition coefficient (Wildman–Crippen LogP) is 6.28. The van der Waals surface area contributed by atoms with Crippen LogP contribution in [0.1, 0.15) is 35.5 Å². The Morgan fingerprint density at radius 3 is 2.57 bits per heavy atom. The Morgan fingerprint density at radius 2 is 1.89 bits per heavy atom. The molecule has 0 radical (unpaired) electrons. The quantitative estimate of drug-likeness (QED) is 0.294. The topological polar surface area (TPSA) is 39.9 Å². The molecule has 0 aliphatic carbocycles. The van der Waals surface area contributed by atoms with E-state index in [1.54, 1.807) is 11.8 Å². The van der Waals surface area contributed by atoms with Crippen molar-refractivity contribution in [2.75, 3.05) is 0 Å². The van der Waals surface area contributed by atoms with Crippen LogP contribution < -0.4 is 4.74 Å². The minimum Gasteiger partial charge on any atom is -0.483 e. The molecule has 1 heterocycles. The third-order valence-corrected chi connectivity index (χ3v) is 6.06. The first-order valence-electron chi connectivity index (χ1n) is 9.13. The van der Waals surface area contributed by atoms with E-state index in [-0.39, 0.29) is 6.10 Å². The summed E-state index contributed by atoms with van der Waals surface area (Å²) in [5.41, 5.74) is 3.70. The molecule has 3 aromatic rings. The number of hydrogen-bond donors (Lipinski definition) is 0. The Kier molecular flexibility index (Phi) is 6.97. The second-order valence-corrected chi connectivity index (χ2v) is 8.52. The third-order valence-electron chi connectivity index (χ3n) is 4.49. The highest BCUT2D eigenvalue weighted by Gasteiger charge is 2.19. The minimum absolute atomic E-state index is 0.211. The number of halogens is 1. The van der Waals surface area contributed by atoms with Crippen LogP contribution in [0.2, 0.25) is 0 Å². The van der Waals surface area contributed by atoms with E-state index in [2.05, 4.69) is 87.5 Å². The van der Waals surface area contributed by atoms with Gasteiger partial charge in [-0.05, 0) is 61.7 Å². The van der Waals surface area contributed by atoms with Crippen LogP contribution in [0.3, 0.4) is 0 Å². The smallest absolute Gasteiger partial charge is 0.191 e. The molecule has 0 aliphatic rings. The van der Waals surface area contributed by atoms with Crippen LogP contribution >= 0.6 is 27.7 Å². The maximum Gasteiger partial charge on any atom is 0.191 e. The number of benzene rings is 2. The lowest BCUT2D eigenvalue weighted by Gasteiger charge is -2.16. The number of ether oxygens (including phenoxy) is 1. The maximum absolute atomic E-state index is 6.14. The number of hydrogen-bond acceptors (Lipinski definition) is 4. The van der Waals surface area contributed by atoms with Crippen LogP contribution in [0.15, 0.2) is 64.7 Å². The molecule has 1 atom stereocenters. The summed E-state index contributed by atoms with van der Waals surface area (Å²) in [5, 5.41) is 9.68. The summed E-state index contributed by atoms with van der Waals surface area (Å²) < 4.78 is 9.29. The highest BCUT2D eigenvalue weighted by molar-refractivity contribution is 9.10. The van der Waals surface area contributed by atoms with Gasteiger partial charge < -0.3 is 4.74 Å². The van der Waals surface area contributed by atoms with Crippen LogP contribution in [0, 0.1) is 13.8 Å². The van der Waals surface area contributed by atoms with Crippen molar-refractivity contribution in [3.05, 3.63) is 82.1 Å². The highest BCUT2D eigenvalue weighted by atomic mass is 79.9. The van der Waals surface area contributed by atoms with E-state index in [9.17, 15) is 0 Å². The third kappa shape index (κ3) is 5.06. The highest BCUT2D eigenvalue weighted by Crippen LogP contribution is 2.27. The fourth-order valence-corrected chi connectivity index (χ4v) is 3.96. The second-order valence-electron chi connectivity index (χ2n) is 6.66. The number of aromatic nitrogens is 3. The molecule has 6 heteroatoms. The van der Waals surface area contributed by atoms with Gasteiger partial charge in [-0.15, -0.1) is 16.8 Å². The van der Waals surface area contributed by atoms with Crippen LogP contribution in [0.4, 0.5) is 0 Å².